The van der Waals surface area contributed by atoms with Crippen molar-refractivity contribution in [2.75, 3.05) is 0 Å². The third-order valence-corrected chi connectivity index (χ3v) is 14.0. The van der Waals surface area contributed by atoms with Crippen LogP contribution in [0.4, 0.5) is 0 Å². The Labute approximate surface area is 256 Å². The van der Waals surface area contributed by atoms with Gasteiger partial charge in [-0.3, -0.25) is 0 Å². The van der Waals surface area contributed by atoms with E-state index >= 15 is 0 Å². The molecule has 0 nitrogen and oxygen atoms in total. The summed E-state index contributed by atoms with van der Waals surface area (Å²) in [5, 5.41) is 7.11. The van der Waals surface area contributed by atoms with Crippen LogP contribution in [0.1, 0.15) is 82.4 Å². The van der Waals surface area contributed by atoms with Crippen molar-refractivity contribution in [3.05, 3.63) is 114 Å². The van der Waals surface area contributed by atoms with E-state index in [4.69, 9.17) is 0 Å². The summed E-state index contributed by atoms with van der Waals surface area (Å²) in [6.45, 7) is 9.78. The summed E-state index contributed by atoms with van der Waals surface area (Å²) in [6.07, 6.45) is 9.04. The molecule has 0 N–H and O–H groups in total. The number of rotatable bonds is 9. The van der Waals surface area contributed by atoms with E-state index in [1.165, 1.54) is 70.7 Å². The highest BCUT2D eigenvalue weighted by molar-refractivity contribution is 7.58. The molecule has 0 heterocycles. The Morgan fingerprint density at radius 3 is 1.95 bits per heavy atom. The van der Waals surface area contributed by atoms with Gasteiger partial charge in [0.1, 0.15) is 0 Å². The molecule has 5 aromatic carbocycles. The van der Waals surface area contributed by atoms with Crippen LogP contribution in [0.3, 0.4) is 0 Å². The summed E-state index contributed by atoms with van der Waals surface area (Å²) in [6, 6.07) is 37.1. The van der Waals surface area contributed by atoms with Crippen LogP contribution in [0.15, 0.2) is 97.1 Å². The molecule has 42 heavy (non-hydrogen) atoms. The second kappa shape index (κ2) is 13.4. The molecule has 0 aliphatic heterocycles. The minimum atomic E-state index is -0.128. The van der Waals surface area contributed by atoms with E-state index in [-0.39, 0.29) is 7.92 Å². The highest BCUT2D eigenvalue weighted by atomic mass is 31.1. The zero-order valence-corrected chi connectivity index (χ0v) is 27.8. The van der Waals surface area contributed by atoms with E-state index in [0.29, 0.717) is 17.2 Å². The molecule has 0 aromatic heterocycles. The Morgan fingerprint density at radius 1 is 0.643 bits per heavy atom. The molecular formula is C40H46P2. The van der Waals surface area contributed by atoms with Crippen molar-refractivity contribution in [3.8, 4) is 11.1 Å². The van der Waals surface area contributed by atoms with Gasteiger partial charge >= 0.3 is 0 Å². The maximum absolute atomic E-state index is 2.57. The Morgan fingerprint density at radius 2 is 1.26 bits per heavy atom. The first-order valence-corrected chi connectivity index (χ1v) is 19.0. The van der Waals surface area contributed by atoms with Gasteiger partial charge in [0.15, 0.2) is 0 Å². The third kappa shape index (κ3) is 6.23. The van der Waals surface area contributed by atoms with Crippen molar-refractivity contribution in [3.63, 3.8) is 0 Å². The van der Waals surface area contributed by atoms with Gasteiger partial charge in [0, 0.05) is 0 Å². The molecule has 0 radical (unpaired) electrons. The highest BCUT2D eigenvalue weighted by Gasteiger charge is 2.28. The van der Waals surface area contributed by atoms with E-state index in [2.05, 4.69) is 125 Å². The monoisotopic (exact) mass is 588 g/mol. The quantitative estimate of drug-likeness (QED) is 0.150. The lowest BCUT2D eigenvalue weighted by Crippen LogP contribution is -2.11. The van der Waals surface area contributed by atoms with E-state index in [1.54, 1.807) is 22.3 Å². The lowest BCUT2D eigenvalue weighted by atomic mass is 9.76. The van der Waals surface area contributed by atoms with Crippen LogP contribution in [-0.4, -0.2) is 11.3 Å². The Bertz CT molecular complexity index is 1640. The van der Waals surface area contributed by atoms with Crippen LogP contribution in [-0.2, 0) is 12.3 Å². The van der Waals surface area contributed by atoms with Crippen molar-refractivity contribution in [1.29, 1.82) is 0 Å². The number of hydrogen-bond acceptors (Lipinski definition) is 0. The fourth-order valence-corrected chi connectivity index (χ4v) is 11.0. The number of benzene rings is 5. The lowest BCUT2D eigenvalue weighted by Gasteiger charge is -2.31. The van der Waals surface area contributed by atoms with E-state index in [0.717, 1.165) is 14.7 Å². The lowest BCUT2D eigenvalue weighted by molar-refractivity contribution is 0.443. The molecule has 0 saturated heterocycles. The summed E-state index contributed by atoms with van der Waals surface area (Å²) in [5.74, 6) is 0.637. The van der Waals surface area contributed by atoms with Crippen LogP contribution in [0.25, 0.3) is 32.7 Å². The fraction of sp³-hybridized carbons (Fsp3) is 0.350. The highest BCUT2D eigenvalue weighted by Crippen LogP contribution is 2.53. The maximum atomic E-state index is 2.57. The molecule has 0 amide bonds. The molecule has 0 bridgehead atoms. The minimum Gasteiger partial charge on any atom is -0.0969 e. The largest absolute Gasteiger partial charge is 0.0969 e. The molecule has 0 spiro atoms. The van der Waals surface area contributed by atoms with Crippen LogP contribution in [0.2, 0.25) is 0 Å². The zero-order valence-electron chi connectivity index (χ0n) is 25.9. The Balaban J connectivity index is 1.65. The first-order valence-electron chi connectivity index (χ1n) is 16.1. The van der Waals surface area contributed by atoms with Crippen LogP contribution in [0, 0.1) is 0 Å². The molecule has 216 valence electrons. The average Bonchev–Trinajstić information content (AvgIpc) is 3.02. The molecule has 2 heteroatoms. The SMILES string of the molecule is CC(C)P(Cc1ccc2ccccc2c1-c1c(C2CCCCC2)c(CPc2ccccc2)cc2ccccc12)C(C)C. The van der Waals surface area contributed by atoms with Gasteiger partial charge in [0.2, 0.25) is 0 Å². The topological polar surface area (TPSA) is 0 Å². The van der Waals surface area contributed by atoms with Gasteiger partial charge in [-0.05, 0) is 97.1 Å². The smallest absolute Gasteiger partial charge is 0.00569 e. The van der Waals surface area contributed by atoms with Gasteiger partial charge in [0.25, 0.3) is 0 Å². The van der Waals surface area contributed by atoms with Crippen molar-refractivity contribution in [1.82, 2.24) is 0 Å². The predicted octanol–water partition coefficient (Wildman–Crippen LogP) is 12.0. The second-order valence-corrected chi connectivity index (χ2v) is 17.5. The van der Waals surface area contributed by atoms with Gasteiger partial charge in [-0.2, -0.15) is 0 Å². The van der Waals surface area contributed by atoms with E-state index in [1.807, 2.05) is 0 Å². The fourth-order valence-electron chi connectivity index (χ4n) is 7.35. The average molecular weight is 589 g/mol. The first kappa shape index (κ1) is 29.5. The van der Waals surface area contributed by atoms with Crippen LogP contribution >= 0.6 is 16.5 Å². The second-order valence-electron chi connectivity index (χ2n) is 12.8. The summed E-state index contributed by atoms with van der Waals surface area (Å²) in [7, 11) is 0.661. The molecule has 1 saturated carbocycles. The van der Waals surface area contributed by atoms with Crippen molar-refractivity contribution < 1.29 is 0 Å². The van der Waals surface area contributed by atoms with Gasteiger partial charge < -0.3 is 0 Å². The molecular weight excluding hydrogens is 542 g/mol. The van der Waals surface area contributed by atoms with Gasteiger partial charge in [-0.15, -0.1) is 0 Å². The first-order chi connectivity index (χ1) is 20.5. The molecule has 1 fully saturated rings. The zero-order chi connectivity index (χ0) is 29.1. The molecule has 5 aromatic rings. The van der Waals surface area contributed by atoms with Gasteiger partial charge in [-0.25, -0.2) is 0 Å². The Hall–Kier alpha value is -2.52. The normalized spacial score (nSPS) is 14.8. The Kier molecular flexibility index (Phi) is 9.44. The molecule has 1 unspecified atom stereocenters. The van der Waals surface area contributed by atoms with E-state index < -0.39 is 0 Å². The molecule has 1 aliphatic rings. The third-order valence-electron chi connectivity index (χ3n) is 9.39. The van der Waals surface area contributed by atoms with Gasteiger partial charge in [-0.1, -0.05) is 161 Å². The summed E-state index contributed by atoms with van der Waals surface area (Å²) in [4.78, 5) is 0. The number of hydrogen-bond donors (Lipinski definition) is 0. The van der Waals surface area contributed by atoms with Crippen LogP contribution < -0.4 is 5.30 Å². The van der Waals surface area contributed by atoms with Crippen molar-refractivity contribution in [2.45, 2.75) is 89.4 Å². The molecule has 6 rings (SSSR count). The standard InChI is InChI=1S/C40H46P2/c1-28(2)42(29(3)4)27-33-24-23-30-15-11-13-21-36(30)39(33)40-37-22-14-12-18-32(37)25-34(26-41-35-19-9-6-10-20-35)38(40)31-16-7-5-8-17-31/h6,9-15,18-25,28-29,31,41H,5,7-8,16-17,26-27H2,1-4H3. The van der Waals surface area contributed by atoms with E-state index in [9.17, 15) is 0 Å². The predicted molar refractivity (Wildman–Crippen MR) is 192 cm³/mol. The summed E-state index contributed by atoms with van der Waals surface area (Å²) >= 11 is 0. The molecule has 1 aliphatic carbocycles. The summed E-state index contributed by atoms with van der Waals surface area (Å²) in [5.41, 5.74) is 9.34. The number of fused-ring (bicyclic) bond motifs is 2. The minimum absolute atomic E-state index is 0.128. The summed E-state index contributed by atoms with van der Waals surface area (Å²) < 4.78 is 0. The van der Waals surface area contributed by atoms with Crippen molar-refractivity contribution in [2.24, 2.45) is 0 Å². The van der Waals surface area contributed by atoms with Gasteiger partial charge in [0.05, 0.1) is 0 Å². The molecule has 1 atom stereocenters. The van der Waals surface area contributed by atoms with Crippen LogP contribution in [0.5, 0.6) is 0 Å². The maximum Gasteiger partial charge on any atom is -0.00569 e. The van der Waals surface area contributed by atoms with Crippen molar-refractivity contribution >= 4 is 43.4 Å².